The van der Waals surface area contributed by atoms with Crippen molar-refractivity contribution in [1.29, 1.82) is 0 Å². The molecule has 0 radical (unpaired) electrons. The molecule has 0 aromatic carbocycles. The summed E-state index contributed by atoms with van der Waals surface area (Å²) in [6.45, 7) is 2.42. The number of hydrogen-bond acceptors (Lipinski definition) is 4. The summed E-state index contributed by atoms with van der Waals surface area (Å²) in [7, 11) is 0. The zero-order valence-electron chi connectivity index (χ0n) is 13.2. The van der Waals surface area contributed by atoms with Crippen LogP contribution in [0.2, 0.25) is 0 Å². The summed E-state index contributed by atoms with van der Waals surface area (Å²) >= 11 is 1.69. The molecule has 6 heteroatoms. The first-order chi connectivity index (χ1) is 11.2. The molecule has 2 heterocycles. The van der Waals surface area contributed by atoms with Gasteiger partial charge >= 0.3 is 6.03 Å². The van der Waals surface area contributed by atoms with E-state index in [4.69, 9.17) is 0 Å². The summed E-state index contributed by atoms with van der Waals surface area (Å²) < 4.78 is 0. The Kier molecular flexibility index (Phi) is 7.03. The average Bonchev–Trinajstić information content (AvgIpc) is 3.05. The maximum Gasteiger partial charge on any atom is 0.315 e. The Labute approximate surface area is 140 Å². The second kappa shape index (κ2) is 9.27. The molecule has 0 aliphatic rings. The van der Waals surface area contributed by atoms with Gasteiger partial charge in [0.1, 0.15) is 0 Å². The van der Waals surface area contributed by atoms with Crippen LogP contribution in [-0.4, -0.2) is 35.3 Å². The fraction of sp³-hybridized carbons (Fsp3) is 0.412. The number of nitrogens with zero attached hydrogens (tertiary/aromatic N) is 1. The molecule has 2 atom stereocenters. The van der Waals surface area contributed by atoms with Crippen LogP contribution in [0, 0.1) is 5.92 Å². The molecule has 3 N–H and O–H groups in total. The van der Waals surface area contributed by atoms with Gasteiger partial charge in [-0.1, -0.05) is 12.1 Å². The number of aromatic nitrogens is 1. The SMILES string of the molecule is CC(Cc1cccs1)NC(=O)NCC(CO)Cc1ccccn1. The van der Waals surface area contributed by atoms with E-state index in [1.54, 1.807) is 17.5 Å². The lowest BCUT2D eigenvalue weighted by Crippen LogP contribution is -2.43. The molecule has 0 spiro atoms. The fourth-order valence-corrected chi connectivity index (χ4v) is 3.14. The molecular weight excluding hydrogens is 310 g/mol. The lowest BCUT2D eigenvalue weighted by atomic mass is 10.0. The number of rotatable bonds is 8. The number of hydrogen-bond donors (Lipinski definition) is 3. The highest BCUT2D eigenvalue weighted by molar-refractivity contribution is 7.09. The van der Waals surface area contributed by atoms with Gasteiger partial charge in [-0.2, -0.15) is 0 Å². The van der Waals surface area contributed by atoms with Crippen molar-refractivity contribution in [3.05, 3.63) is 52.5 Å². The third-order valence-corrected chi connectivity index (χ3v) is 4.40. The second-order valence-corrected chi connectivity index (χ2v) is 6.64. The van der Waals surface area contributed by atoms with E-state index in [0.29, 0.717) is 13.0 Å². The Bertz CT molecular complexity index is 575. The fourth-order valence-electron chi connectivity index (χ4n) is 2.31. The van der Waals surface area contributed by atoms with Crippen molar-refractivity contribution in [2.24, 2.45) is 5.92 Å². The molecule has 2 aromatic heterocycles. The minimum Gasteiger partial charge on any atom is -0.396 e. The number of amides is 2. The van der Waals surface area contributed by atoms with Crippen LogP contribution in [0.5, 0.6) is 0 Å². The van der Waals surface area contributed by atoms with Crippen molar-refractivity contribution in [2.45, 2.75) is 25.8 Å². The first kappa shape index (κ1) is 17.4. The van der Waals surface area contributed by atoms with Crippen molar-refractivity contribution < 1.29 is 9.90 Å². The van der Waals surface area contributed by atoms with E-state index in [0.717, 1.165) is 12.1 Å². The number of carbonyl (C=O) groups is 1. The minimum atomic E-state index is -0.200. The lowest BCUT2D eigenvalue weighted by Gasteiger charge is -2.17. The summed E-state index contributed by atoms with van der Waals surface area (Å²) in [4.78, 5) is 17.4. The molecule has 0 fully saturated rings. The molecule has 0 aliphatic carbocycles. The molecule has 2 rings (SSSR count). The molecule has 2 aromatic rings. The Morgan fingerprint density at radius 3 is 2.83 bits per heavy atom. The van der Waals surface area contributed by atoms with Gasteiger partial charge in [-0.3, -0.25) is 4.98 Å². The van der Waals surface area contributed by atoms with Crippen molar-refractivity contribution in [3.8, 4) is 0 Å². The van der Waals surface area contributed by atoms with Crippen molar-refractivity contribution >= 4 is 17.4 Å². The largest absolute Gasteiger partial charge is 0.396 e. The van der Waals surface area contributed by atoms with Crippen LogP contribution in [0.1, 0.15) is 17.5 Å². The van der Waals surface area contributed by atoms with Crippen LogP contribution >= 0.6 is 11.3 Å². The van der Waals surface area contributed by atoms with Crippen LogP contribution in [0.3, 0.4) is 0 Å². The van der Waals surface area contributed by atoms with Crippen LogP contribution < -0.4 is 10.6 Å². The monoisotopic (exact) mass is 333 g/mol. The van der Waals surface area contributed by atoms with E-state index in [1.165, 1.54) is 4.88 Å². The van der Waals surface area contributed by atoms with Crippen LogP contribution in [0.25, 0.3) is 0 Å². The predicted molar refractivity (Wildman–Crippen MR) is 92.5 cm³/mol. The Balaban J connectivity index is 1.71. The minimum absolute atomic E-state index is 0.0155. The van der Waals surface area contributed by atoms with Gasteiger partial charge in [0.2, 0.25) is 0 Å². The van der Waals surface area contributed by atoms with E-state index >= 15 is 0 Å². The summed E-state index contributed by atoms with van der Waals surface area (Å²) in [5.41, 5.74) is 0.917. The van der Waals surface area contributed by atoms with Gasteiger partial charge in [0.15, 0.2) is 0 Å². The zero-order valence-corrected chi connectivity index (χ0v) is 14.1. The summed E-state index contributed by atoms with van der Waals surface area (Å²) in [6, 6.07) is 9.64. The van der Waals surface area contributed by atoms with Crippen LogP contribution in [0.15, 0.2) is 41.9 Å². The van der Waals surface area contributed by atoms with Crippen molar-refractivity contribution in [3.63, 3.8) is 0 Å². The predicted octanol–water partition coefficient (Wildman–Crippen LogP) is 2.22. The first-order valence-electron chi connectivity index (χ1n) is 7.75. The molecule has 0 saturated carbocycles. The van der Waals surface area contributed by atoms with Gasteiger partial charge in [0, 0.05) is 48.3 Å². The average molecular weight is 333 g/mol. The Morgan fingerprint density at radius 2 is 2.17 bits per heavy atom. The van der Waals surface area contributed by atoms with Gasteiger partial charge in [-0.05, 0) is 36.9 Å². The molecule has 2 amide bonds. The number of aliphatic hydroxyl groups excluding tert-OH is 1. The van der Waals surface area contributed by atoms with Gasteiger partial charge < -0.3 is 15.7 Å². The van der Waals surface area contributed by atoms with Crippen LogP contribution in [-0.2, 0) is 12.8 Å². The van der Waals surface area contributed by atoms with Crippen molar-refractivity contribution in [1.82, 2.24) is 15.6 Å². The number of nitrogens with one attached hydrogen (secondary N) is 2. The van der Waals surface area contributed by atoms with E-state index in [2.05, 4.69) is 21.7 Å². The quantitative estimate of drug-likeness (QED) is 0.693. The number of carbonyl (C=O) groups excluding carboxylic acids is 1. The topological polar surface area (TPSA) is 74.2 Å². The normalized spacial score (nSPS) is 13.3. The van der Waals surface area contributed by atoms with Crippen LogP contribution in [0.4, 0.5) is 4.79 Å². The maximum absolute atomic E-state index is 11.9. The van der Waals surface area contributed by atoms with E-state index in [9.17, 15) is 9.90 Å². The van der Waals surface area contributed by atoms with E-state index in [1.807, 2.05) is 36.6 Å². The van der Waals surface area contributed by atoms with Gasteiger partial charge in [-0.25, -0.2) is 4.79 Å². The maximum atomic E-state index is 11.9. The molecule has 124 valence electrons. The first-order valence-corrected chi connectivity index (χ1v) is 8.63. The molecule has 23 heavy (non-hydrogen) atoms. The molecule has 0 aliphatic heterocycles. The highest BCUT2D eigenvalue weighted by Crippen LogP contribution is 2.10. The lowest BCUT2D eigenvalue weighted by molar-refractivity contribution is 0.212. The highest BCUT2D eigenvalue weighted by atomic mass is 32.1. The standard InChI is InChI=1S/C17H23N3O2S/c1-13(9-16-6-4-8-23-16)20-17(22)19-11-14(12-21)10-15-5-2-3-7-18-15/h2-8,13-14,21H,9-12H2,1H3,(H2,19,20,22). The zero-order chi connectivity index (χ0) is 16.5. The molecule has 5 nitrogen and oxygen atoms in total. The summed E-state index contributed by atoms with van der Waals surface area (Å²) in [6.07, 6.45) is 3.20. The van der Waals surface area contributed by atoms with E-state index < -0.39 is 0 Å². The van der Waals surface area contributed by atoms with Crippen molar-refractivity contribution in [2.75, 3.05) is 13.2 Å². The molecule has 2 unspecified atom stereocenters. The van der Waals surface area contributed by atoms with Gasteiger partial charge in [-0.15, -0.1) is 11.3 Å². The number of aliphatic hydroxyl groups is 1. The molecule has 0 saturated heterocycles. The Morgan fingerprint density at radius 1 is 1.30 bits per heavy atom. The second-order valence-electron chi connectivity index (χ2n) is 5.61. The third-order valence-electron chi connectivity index (χ3n) is 3.50. The number of pyridine rings is 1. The van der Waals surface area contributed by atoms with Gasteiger partial charge in [0.05, 0.1) is 0 Å². The number of urea groups is 1. The van der Waals surface area contributed by atoms with E-state index in [-0.39, 0.29) is 24.6 Å². The van der Waals surface area contributed by atoms with Gasteiger partial charge in [0.25, 0.3) is 0 Å². The smallest absolute Gasteiger partial charge is 0.315 e. The summed E-state index contributed by atoms with van der Waals surface area (Å²) in [5, 5.41) is 17.2. The molecule has 0 bridgehead atoms. The number of thiophene rings is 1. The highest BCUT2D eigenvalue weighted by Gasteiger charge is 2.13. The molecular formula is C17H23N3O2S. The third kappa shape index (κ3) is 6.38. The summed E-state index contributed by atoms with van der Waals surface area (Å²) in [5.74, 6) is -0.0387. The Hall–Kier alpha value is -1.92.